The topological polar surface area (TPSA) is 171 Å². The van der Waals surface area contributed by atoms with Crippen LogP contribution in [0.2, 0.25) is 0 Å². The maximum Gasteiger partial charge on any atom is 0.405 e. The Hall–Kier alpha value is -5.61. The minimum absolute atomic E-state index is 0.0900. The van der Waals surface area contributed by atoms with Crippen molar-refractivity contribution in [3.05, 3.63) is 101 Å². The monoisotopic (exact) mass is 641 g/mol. The molecule has 1 aliphatic heterocycles. The van der Waals surface area contributed by atoms with Crippen LogP contribution < -0.4 is 10.6 Å². The van der Waals surface area contributed by atoms with Gasteiger partial charge in [0.2, 0.25) is 5.91 Å². The lowest BCUT2D eigenvalue weighted by Gasteiger charge is -2.36. The highest BCUT2D eigenvalue weighted by Gasteiger charge is 2.41. The standard InChI is InChI=1S/C33H31N5O7S/c1-21-8-15-28(39)26(18-21)29-24(19-37(2)36-29)12-9-22-10-13-25(14-11-22)34-31(40)27-20-46(44,45)17-16-38(27)32(41)30(35-33(42)43)23-6-4-3-5-7-23/h3-8,10-11,13-15,18-19,27,30,35,39H,16-17,20H2,1-2H3,(H,34,40)(H,42,43)/t27-,30?/m1/s1. The molecule has 0 bridgehead atoms. The second-order valence-corrected chi connectivity index (χ2v) is 13.1. The number of sulfone groups is 1. The van der Waals surface area contributed by atoms with Gasteiger partial charge >= 0.3 is 6.09 Å². The lowest BCUT2D eigenvalue weighted by molar-refractivity contribution is -0.139. The van der Waals surface area contributed by atoms with Crippen molar-refractivity contribution in [3.63, 3.8) is 0 Å². The van der Waals surface area contributed by atoms with Crippen molar-refractivity contribution in [2.24, 2.45) is 7.05 Å². The number of amides is 3. The maximum atomic E-state index is 13.6. The molecule has 1 aliphatic rings. The number of anilines is 1. The molecule has 0 radical (unpaired) electrons. The molecule has 5 rings (SSSR count). The summed E-state index contributed by atoms with van der Waals surface area (Å²) in [6.45, 7) is 1.65. The Morgan fingerprint density at radius 1 is 1.02 bits per heavy atom. The third-order valence-corrected chi connectivity index (χ3v) is 9.02. The Balaban J connectivity index is 1.34. The van der Waals surface area contributed by atoms with E-state index in [1.54, 1.807) is 84.7 Å². The highest BCUT2D eigenvalue weighted by atomic mass is 32.2. The Morgan fingerprint density at radius 2 is 1.74 bits per heavy atom. The minimum Gasteiger partial charge on any atom is -0.507 e. The van der Waals surface area contributed by atoms with Crippen LogP contribution in [-0.4, -0.2) is 75.3 Å². The van der Waals surface area contributed by atoms with Crippen LogP contribution in [0.4, 0.5) is 10.5 Å². The van der Waals surface area contributed by atoms with E-state index in [9.17, 15) is 33.0 Å². The van der Waals surface area contributed by atoms with Crippen molar-refractivity contribution in [1.29, 1.82) is 0 Å². The van der Waals surface area contributed by atoms with Crippen molar-refractivity contribution in [2.45, 2.75) is 19.0 Å². The summed E-state index contributed by atoms with van der Waals surface area (Å²) in [5.41, 5.74) is 3.98. The third-order valence-electron chi connectivity index (χ3n) is 7.39. The van der Waals surface area contributed by atoms with E-state index in [-0.39, 0.29) is 18.0 Å². The molecule has 3 amide bonds. The lowest BCUT2D eigenvalue weighted by Crippen LogP contribution is -2.58. The van der Waals surface area contributed by atoms with Crippen molar-refractivity contribution in [2.75, 3.05) is 23.4 Å². The van der Waals surface area contributed by atoms with E-state index >= 15 is 0 Å². The molecule has 1 fully saturated rings. The van der Waals surface area contributed by atoms with E-state index in [0.29, 0.717) is 33.6 Å². The van der Waals surface area contributed by atoms with Gasteiger partial charge in [0, 0.05) is 36.6 Å². The summed E-state index contributed by atoms with van der Waals surface area (Å²) < 4.78 is 26.7. The van der Waals surface area contributed by atoms with Crippen LogP contribution >= 0.6 is 0 Å². The zero-order valence-electron chi connectivity index (χ0n) is 25.0. The molecule has 12 nitrogen and oxygen atoms in total. The lowest BCUT2D eigenvalue weighted by atomic mass is 10.0. The molecule has 46 heavy (non-hydrogen) atoms. The van der Waals surface area contributed by atoms with Crippen LogP contribution in [0, 0.1) is 18.8 Å². The van der Waals surface area contributed by atoms with Crippen LogP contribution in [0.1, 0.15) is 28.3 Å². The van der Waals surface area contributed by atoms with Gasteiger partial charge in [0.1, 0.15) is 23.5 Å². The van der Waals surface area contributed by atoms with Gasteiger partial charge in [-0.1, -0.05) is 53.8 Å². The second kappa shape index (κ2) is 13.2. The largest absolute Gasteiger partial charge is 0.507 e. The molecule has 1 unspecified atom stereocenters. The second-order valence-electron chi connectivity index (χ2n) is 10.9. The van der Waals surface area contributed by atoms with E-state index in [1.165, 1.54) is 0 Å². The summed E-state index contributed by atoms with van der Waals surface area (Å²) in [6, 6.07) is 17.2. The van der Waals surface area contributed by atoms with Crippen LogP contribution in [0.5, 0.6) is 5.75 Å². The molecule has 4 aromatic rings. The number of carboxylic acid groups (broad SMARTS) is 1. The first-order valence-electron chi connectivity index (χ1n) is 14.2. The number of rotatable bonds is 6. The molecule has 3 aromatic carbocycles. The number of benzene rings is 3. The molecule has 1 saturated heterocycles. The van der Waals surface area contributed by atoms with Gasteiger partial charge in [0.25, 0.3) is 5.91 Å². The average Bonchev–Trinajstić information content (AvgIpc) is 3.40. The van der Waals surface area contributed by atoms with E-state index in [4.69, 9.17) is 0 Å². The van der Waals surface area contributed by atoms with Gasteiger partial charge in [-0.2, -0.15) is 5.10 Å². The molecule has 0 saturated carbocycles. The summed E-state index contributed by atoms with van der Waals surface area (Å²) in [5.74, 6) is 3.81. The van der Waals surface area contributed by atoms with Gasteiger partial charge in [0.05, 0.1) is 17.1 Å². The van der Waals surface area contributed by atoms with Crippen molar-refractivity contribution >= 4 is 33.4 Å². The number of aromatic hydroxyl groups is 1. The Kier molecular flexibility index (Phi) is 9.11. The van der Waals surface area contributed by atoms with Crippen molar-refractivity contribution in [3.8, 4) is 28.8 Å². The number of hydrogen-bond acceptors (Lipinski definition) is 7. The molecule has 0 spiro atoms. The van der Waals surface area contributed by atoms with E-state index in [0.717, 1.165) is 10.5 Å². The fourth-order valence-corrected chi connectivity index (χ4v) is 6.58. The highest BCUT2D eigenvalue weighted by Crippen LogP contribution is 2.31. The normalized spacial score (nSPS) is 16.0. The van der Waals surface area contributed by atoms with E-state index < -0.39 is 45.6 Å². The first kappa shape index (κ1) is 31.8. The molecule has 13 heteroatoms. The average molecular weight is 642 g/mol. The predicted molar refractivity (Wildman–Crippen MR) is 171 cm³/mol. The molecule has 4 N–H and O–H groups in total. The molecule has 1 aromatic heterocycles. The van der Waals surface area contributed by atoms with Gasteiger partial charge < -0.3 is 25.7 Å². The number of carbonyl (C=O) groups excluding carboxylic acids is 2. The van der Waals surface area contributed by atoms with Gasteiger partial charge in [0.15, 0.2) is 9.84 Å². The number of phenolic OH excluding ortho intramolecular Hbond substituents is 1. The number of aromatic nitrogens is 2. The number of hydrogen-bond donors (Lipinski definition) is 4. The van der Waals surface area contributed by atoms with Crippen molar-refractivity contribution in [1.82, 2.24) is 20.0 Å². The summed E-state index contributed by atoms with van der Waals surface area (Å²) in [4.78, 5) is 39.6. The molecule has 0 aliphatic carbocycles. The summed E-state index contributed by atoms with van der Waals surface area (Å²) in [7, 11) is -1.89. The number of nitrogens with zero attached hydrogens (tertiary/aromatic N) is 3. The number of nitrogens with one attached hydrogen (secondary N) is 2. The van der Waals surface area contributed by atoms with Crippen LogP contribution in [0.25, 0.3) is 11.3 Å². The van der Waals surface area contributed by atoms with Crippen LogP contribution in [0.15, 0.2) is 79.0 Å². The molecule has 236 valence electrons. The Labute approximate surface area is 265 Å². The zero-order valence-corrected chi connectivity index (χ0v) is 25.8. The smallest absolute Gasteiger partial charge is 0.405 e. The van der Waals surface area contributed by atoms with Crippen molar-refractivity contribution < 1.29 is 33.0 Å². The number of carbonyl (C=O) groups is 3. The SMILES string of the molecule is Cc1ccc(O)c(-c2nn(C)cc2C#Cc2ccc(NC(=O)[C@H]3CS(=O)(=O)CCN3C(=O)C(NC(=O)O)c3ccccc3)cc2)c1. The number of phenols is 1. The zero-order chi connectivity index (χ0) is 33.0. The molecular weight excluding hydrogens is 610 g/mol. The fourth-order valence-electron chi connectivity index (χ4n) is 5.13. The predicted octanol–water partition coefficient (Wildman–Crippen LogP) is 3.07. The van der Waals surface area contributed by atoms with Gasteiger partial charge in [-0.25, -0.2) is 13.2 Å². The Bertz CT molecular complexity index is 1960. The maximum absolute atomic E-state index is 13.6. The highest BCUT2D eigenvalue weighted by molar-refractivity contribution is 7.91. The van der Waals surface area contributed by atoms with E-state index in [2.05, 4.69) is 27.6 Å². The summed E-state index contributed by atoms with van der Waals surface area (Å²) in [5, 5.41) is 29.1. The summed E-state index contributed by atoms with van der Waals surface area (Å²) >= 11 is 0. The molecule has 2 heterocycles. The van der Waals surface area contributed by atoms with E-state index in [1.807, 2.05) is 13.0 Å². The summed E-state index contributed by atoms with van der Waals surface area (Å²) in [6.07, 6.45) is 0.308. The third kappa shape index (κ3) is 7.36. The van der Waals surface area contributed by atoms with Crippen LogP contribution in [0.3, 0.4) is 0 Å². The first-order chi connectivity index (χ1) is 21.9. The number of aryl methyl sites for hydroxylation is 2. The molecule has 2 atom stereocenters. The van der Waals surface area contributed by atoms with Gasteiger partial charge in [-0.05, 0) is 48.9 Å². The van der Waals surface area contributed by atoms with Crippen LogP contribution in [-0.2, 0) is 26.5 Å². The molecular formula is C33H31N5O7S. The quantitative estimate of drug-likeness (QED) is 0.233. The first-order valence-corrected chi connectivity index (χ1v) is 16.0. The minimum atomic E-state index is -3.65. The fraction of sp³-hybridized carbons (Fsp3) is 0.212. The van der Waals surface area contributed by atoms with Gasteiger partial charge in [-0.3, -0.25) is 14.3 Å². The Morgan fingerprint density at radius 3 is 2.43 bits per heavy atom. The van der Waals surface area contributed by atoms with Gasteiger partial charge in [-0.15, -0.1) is 0 Å².